The number of ether oxygens (including phenoxy) is 1. The number of aliphatic hydroxyl groups is 1. The fourth-order valence-electron chi connectivity index (χ4n) is 0.934. The number of methoxy groups -OCH3 is 1. The number of anilines is 1. The fourth-order valence-corrected chi connectivity index (χ4v) is 0.934. The number of rotatable bonds is 5. The van der Waals surface area contributed by atoms with Crippen molar-refractivity contribution in [3.05, 3.63) is 12.3 Å². The molecule has 5 heteroatoms. The van der Waals surface area contributed by atoms with Crippen LogP contribution in [-0.4, -0.2) is 34.8 Å². The van der Waals surface area contributed by atoms with Crippen LogP contribution >= 0.6 is 0 Å². The smallest absolute Gasteiger partial charge is 0.225 e. The minimum Gasteiger partial charge on any atom is -0.481 e. The summed E-state index contributed by atoms with van der Waals surface area (Å²) in [6.07, 6.45) is 1.98. The standard InChI is InChI=1S/C9H15N3O2/c1-7(13)3-5-10-9-11-6-4-8(12-9)14-2/h4,6-7,13H,3,5H2,1-2H3,(H,10,11,12). The van der Waals surface area contributed by atoms with Gasteiger partial charge in [0.05, 0.1) is 13.2 Å². The van der Waals surface area contributed by atoms with E-state index in [1.165, 1.54) is 0 Å². The Morgan fingerprint density at radius 2 is 2.43 bits per heavy atom. The summed E-state index contributed by atoms with van der Waals surface area (Å²) in [5.41, 5.74) is 0. The zero-order valence-electron chi connectivity index (χ0n) is 8.40. The maximum absolute atomic E-state index is 9.03. The third-order valence-corrected chi connectivity index (χ3v) is 1.68. The summed E-state index contributed by atoms with van der Waals surface area (Å²) >= 11 is 0. The second kappa shape index (κ2) is 5.39. The second-order valence-corrected chi connectivity index (χ2v) is 2.99. The lowest BCUT2D eigenvalue weighted by atomic mass is 10.3. The maximum Gasteiger partial charge on any atom is 0.225 e. The molecule has 5 nitrogen and oxygen atoms in total. The molecule has 0 saturated carbocycles. The van der Waals surface area contributed by atoms with Crippen molar-refractivity contribution in [2.24, 2.45) is 0 Å². The van der Waals surface area contributed by atoms with Crippen molar-refractivity contribution in [2.75, 3.05) is 19.0 Å². The van der Waals surface area contributed by atoms with E-state index in [1.54, 1.807) is 26.3 Å². The molecule has 1 aromatic rings. The van der Waals surface area contributed by atoms with Crippen molar-refractivity contribution in [3.63, 3.8) is 0 Å². The summed E-state index contributed by atoms with van der Waals surface area (Å²) in [4.78, 5) is 8.06. The van der Waals surface area contributed by atoms with Crippen LogP contribution in [0.4, 0.5) is 5.95 Å². The molecule has 0 bridgehead atoms. The van der Waals surface area contributed by atoms with E-state index < -0.39 is 0 Å². The molecule has 0 aromatic carbocycles. The first kappa shape index (κ1) is 10.7. The molecule has 0 spiro atoms. The molecule has 0 aliphatic heterocycles. The van der Waals surface area contributed by atoms with Crippen molar-refractivity contribution in [1.29, 1.82) is 0 Å². The van der Waals surface area contributed by atoms with Crippen LogP contribution in [0.25, 0.3) is 0 Å². The molecule has 0 aliphatic rings. The van der Waals surface area contributed by atoms with Gasteiger partial charge in [0.1, 0.15) is 0 Å². The molecular formula is C9H15N3O2. The molecule has 1 rings (SSSR count). The number of aromatic nitrogens is 2. The van der Waals surface area contributed by atoms with Crippen molar-refractivity contribution in [2.45, 2.75) is 19.4 Å². The van der Waals surface area contributed by atoms with Gasteiger partial charge in [-0.15, -0.1) is 0 Å². The third-order valence-electron chi connectivity index (χ3n) is 1.68. The molecule has 0 saturated heterocycles. The minimum atomic E-state index is -0.312. The van der Waals surface area contributed by atoms with Crippen LogP contribution in [0.1, 0.15) is 13.3 Å². The van der Waals surface area contributed by atoms with Gasteiger partial charge in [-0.1, -0.05) is 0 Å². The van der Waals surface area contributed by atoms with Crippen molar-refractivity contribution < 1.29 is 9.84 Å². The van der Waals surface area contributed by atoms with E-state index in [2.05, 4.69) is 15.3 Å². The molecule has 1 unspecified atom stereocenters. The number of hydrogen-bond acceptors (Lipinski definition) is 5. The number of hydrogen-bond donors (Lipinski definition) is 2. The third kappa shape index (κ3) is 3.57. The predicted molar refractivity (Wildman–Crippen MR) is 53.4 cm³/mol. The molecule has 78 valence electrons. The van der Waals surface area contributed by atoms with Crippen LogP contribution in [0.2, 0.25) is 0 Å². The average molecular weight is 197 g/mol. The minimum absolute atomic E-state index is 0.312. The molecule has 0 fully saturated rings. The van der Waals surface area contributed by atoms with Crippen LogP contribution in [0.3, 0.4) is 0 Å². The SMILES string of the molecule is COc1ccnc(NCCC(C)O)n1. The van der Waals surface area contributed by atoms with Crippen molar-refractivity contribution >= 4 is 5.95 Å². The summed E-state index contributed by atoms with van der Waals surface area (Å²) in [6.45, 7) is 2.39. The van der Waals surface area contributed by atoms with Gasteiger partial charge in [-0.25, -0.2) is 4.98 Å². The monoisotopic (exact) mass is 197 g/mol. The van der Waals surface area contributed by atoms with Crippen molar-refractivity contribution in [3.8, 4) is 5.88 Å². The first-order valence-electron chi connectivity index (χ1n) is 4.51. The number of aliphatic hydroxyl groups excluding tert-OH is 1. The topological polar surface area (TPSA) is 67.3 Å². The Labute approximate surface area is 83.2 Å². The summed E-state index contributed by atoms with van der Waals surface area (Å²) < 4.78 is 4.94. The summed E-state index contributed by atoms with van der Waals surface area (Å²) in [5.74, 6) is 1.05. The maximum atomic E-state index is 9.03. The summed E-state index contributed by atoms with van der Waals surface area (Å²) in [6, 6.07) is 1.68. The molecule has 14 heavy (non-hydrogen) atoms. The van der Waals surface area contributed by atoms with E-state index in [9.17, 15) is 0 Å². The second-order valence-electron chi connectivity index (χ2n) is 2.99. The van der Waals surface area contributed by atoms with E-state index in [0.29, 0.717) is 24.8 Å². The Balaban J connectivity index is 2.42. The Bertz CT molecular complexity index is 279. The molecule has 1 heterocycles. The van der Waals surface area contributed by atoms with Gasteiger partial charge in [0.2, 0.25) is 11.8 Å². The predicted octanol–water partition coefficient (Wildman–Crippen LogP) is 0.668. The highest BCUT2D eigenvalue weighted by Crippen LogP contribution is 2.06. The van der Waals surface area contributed by atoms with Crippen LogP contribution in [0.5, 0.6) is 5.88 Å². The molecule has 1 atom stereocenters. The normalized spacial score (nSPS) is 12.2. The molecule has 0 amide bonds. The van der Waals surface area contributed by atoms with Crippen LogP contribution in [-0.2, 0) is 0 Å². The van der Waals surface area contributed by atoms with E-state index in [-0.39, 0.29) is 6.10 Å². The van der Waals surface area contributed by atoms with Crippen molar-refractivity contribution in [1.82, 2.24) is 9.97 Å². The van der Waals surface area contributed by atoms with Crippen LogP contribution in [0, 0.1) is 0 Å². The lowest BCUT2D eigenvalue weighted by molar-refractivity contribution is 0.188. The summed E-state index contributed by atoms with van der Waals surface area (Å²) in [5, 5.41) is 12.0. The largest absolute Gasteiger partial charge is 0.481 e. The summed E-state index contributed by atoms with van der Waals surface area (Å²) in [7, 11) is 1.56. The van der Waals surface area contributed by atoms with E-state index in [4.69, 9.17) is 9.84 Å². The zero-order chi connectivity index (χ0) is 10.4. The van der Waals surface area contributed by atoms with Gasteiger partial charge >= 0.3 is 0 Å². The van der Waals surface area contributed by atoms with Gasteiger partial charge in [-0.05, 0) is 13.3 Å². The van der Waals surface area contributed by atoms with Crippen LogP contribution in [0.15, 0.2) is 12.3 Å². The highest BCUT2D eigenvalue weighted by atomic mass is 16.5. The Morgan fingerprint density at radius 3 is 3.07 bits per heavy atom. The molecule has 2 N–H and O–H groups in total. The van der Waals surface area contributed by atoms with Gasteiger partial charge < -0.3 is 15.2 Å². The lowest BCUT2D eigenvalue weighted by Gasteiger charge is -2.06. The Hall–Kier alpha value is -1.36. The quantitative estimate of drug-likeness (QED) is 0.726. The zero-order valence-corrected chi connectivity index (χ0v) is 8.40. The first-order chi connectivity index (χ1) is 6.72. The van der Waals surface area contributed by atoms with Gasteiger partial charge in [0.25, 0.3) is 0 Å². The van der Waals surface area contributed by atoms with Gasteiger partial charge in [0, 0.05) is 18.8 Å². The first-order valence-corrected chi connectivity index (χ1v) is 4.51. The van der Waals surface area contributed by atoms with E-state index in [0.717, 1.165) is 0 Å². The molecular weight excluding hydrogens is 182 g/mol. The number of nitrogens with zero attached hydrogens (tertiary/aromatic N) is 2. The van der Waals surface area contributed by atoms with Gasteiger partial charge in [-0.2, -0.15) is 4.98 Å². The fraction of sp³-hybridized carbons (Fsp3) is 0.556. The van der Waals surface area contributed by atoms with E-state index in [1.807, 2.05) is 0 Å². The van der Waals surface area contributed by atoms with Gasteiger partial charge in [0.15, 0.2) is 0 Å². The highest BCUT2D eigenvalue weighted by Gasteiger charge is 1.99. The number of nitrogens with one attached hydrogen (secondary N) is 1. The molecule has 1 aromatic heterocycles. The van der Waals surface area contributed by atoms with Crippen LogP contribution < -0.4 is 10.1 Å². The lowest BCUT2D eigenvalue weighted by Crippen LogP contribution is -2.11. The molecule has 0 aliphatic carbocycles. The van der Waals surface area contributed by atoms with E-state index >= 15 is 0 Å². The molecule has 0 radical (unpaired) electrons. The Kier molecular flexibility index (Phi) is 4.12. The average Bonchev–Trinajstić information content (AvgIpc) is 2.18. The Morgan fingerprint density at radius 1 is 1.64 bits per heavy atom. The van der Waals surface area contributed by atoms with Gasteiger partial charge in [-0.3, -0.25) is 0 Å². The highest BCUT2D eigenvalue weighted by molar-refractivity contribution is 5.27.